The largest absolute Gasteiger partial charge is 0.336 e. The van der Waals surface area contributed by atoms with Crippen LogP contribution < -0.4 is 0 Å². The first-order valence-electron chi connectivity index (χ1n) is 6.11. The first-order chi connectivity index (χ1) is 8.40. The number of hydrogen-bond donors (Lipinski definition) is 1. The van der Waals surface area contributed by atoms with Crippen molar-refractivity contribution in [1.82, 2.24) is 9.80 Å². The molecule has 18 heavy (non-hydrogen) atoms. The summed E-state index contributed by atoms with van der Waals surface area (Å²) in [7, 11) is 4.05. The standard InChI is InChI=1S/C13H22N2OS2/c1-10(2)8-15(6-5-14(3)4)13(16)12-7-11(17)9-18-12/h7,9-10,17H,5-6,8H2,1-4H3. The van der Waals surface area contributed by atoms with E-state index in [9.17, 15) is 4.79 Å². The van der Waals surface area contributed by atoms with Crippen LogP contribution in [-0.2, 0) is 0 Å². The molecular formula is C13H22N2OS2. The highest BCUT2D eigenvalue weighted by atomic mass is 32.1. The van der Waals surface area contributed by atoms with Crippen LogP contribution in [0.5, 0.6) is 0 Å². The maximum atomic E-state index is 12.4. The van der Waals surface area contributed by atoms with Gasteiger partial charge in [-0.05, 0) is 26.1 Å². The first-order valence-corrected chi connectivity index (χ1v) is 7.44. The average molecular weight is 286 g/mol. The van der Waals surface area contributed by atoms with Gasteiger partial charge in [0.05, 0.1) is 4.88 Å². The number of thiol groups is 1. The molecule has 0 aliphatic carbocycles. The van der Waals surface area contributed by atoms with Crippen molar-refractivity contribution in [1.29, 1.82) is 0 Å². The van der Waals surface area contributed by atoms with Crippen LogP contribution in [0.4, 0.5) is 0 Å². The minimum Gasteiger partial charge on any atom is -0.336 e. The average Bonchev–Trinajstić information content (AvgIpc) is 2.69. The van der Waals surface area contributed by atoms with Crippen LogP contribution in [0.25, 0.3) is 0 Å². The summed E-state index contributed by atoms with van der Waals surface area (Å²) in [5, 5.41) is 1.90. The molecule has 0 N–H and O–H groups in total. The molecule has 0 fully saturated rings. The second kappa shape index (κ2) is 7.16. The maximum Gasteiger partial charge on any atom is 0.264 e. The molecule has 0 spiro atoms. The molecule has 0 aromatic carbocycles. The van der Waals surface area contributed by atoms with Crippen molar-refractivity contribution in [2.75, 3.05) is 33.7 Å². The number of nitrogens with zero attached hydrogens (tertiary/aromatic N) is 2. The molecule has 0 aliphatic heterocycles. The van der Waals surface area contributed by atoms with E-state index in [4.69, 9.17) is 0 Å². The van der Waals surface area contributed by atoms with Gasteiger partial charge in [0.15, 0.2) is 0 Å². The van der Waals surface area contributed by atoms with Crippen LogP contribution in [0.15, 0.2) is 16.3 Å². The molecule has 1 aromatic heterocycles. The van der Waals surface area contributed by atoms with Gasteiger partial charge < -0.3 is 9.80 Å². The Morgan fingerprint density at radius 2 is 2.06 bits per heavy atom. The van der Waals surface area contributed by atoms with Crippen LogP contribution in [0.1, 0.15) is 23.5 Å². The Morgan fingerprint density at radius 3 is 2.50 bits per heavy atom. The number of rotatable bonds is 6. The summed E-state index contributed by atoms with van der Waals surface area (Å²) >= 11 is 5.72. The Labute approximate surface area is 119 Å². The molecule has 0 aliphatic rings. The van der Waals surface area contributed by atoms with E-state index in [0.717, 1.165) is 29.4 Å². The third-order valence-corrected chi connectivity index (χ3v) is 3.84. The Hall–Kier alpha value is -0.520. The molecule has 0 atom stereocenters. The lowest BCUT2D eigenvalue weighted by molar-refractivity contribution is 0.0729. The van der Waals surface area contributed by atoms with E-state index in [1.807, 2.05) is 30.4 Å². The summed E-state index contributed by atoms with van der Waals surface area (Å²) in [4.78, 5) is 18.1. The fraction of sp³-hybridized carbons (Fsp3) is 0.615. The summed E-state index contributed by atoms with van der Waals surface area (Å²) < 4.78 is 0. The van der Waals surface area contributed by atoms with Crippen molar-refractivity contribution in [2.45, 2.75) is 18.7 Å². The molecule has 1 amide bonds. The summed E-state index contributed by atoms with van der Waals surface area (Å²) in [6.45, 7) is 6.72. The van der Waals surface area contributed by atoms with Gasteiger partial charge in [-0.15, -0.1) is 24.0 Å². The normalized spacial score (nSPS) is 11.3. The number of carbonyl (C=O) groups is 1. The van der Waals surface area contributed by atoms with Crippen LogP contribution in [0, 0.1) is 5.92 Å². The molecule has 0 saturated carbocycles. The lowest BCUT2D eigenvalue weighted by atomic mass is 10.2. The van der Waals surface area contributed by atoms with E-state index in [1.54, 1.807) is 0 Å². The molecule has 0 saturated heterocycles. The van der Waals surface area contributed by atoms with E-state index in [-0.39, 0.29) is 5.91 Å². The predicted octanol–water partition coefficient (Wildman–Crippen LogP) is 2.70. The van der Waals surface area contributed by atoms with Crippen LogP contribution in [-0.4, -0.2) is 49.4 Å². The lowest BCUT2D eigenvalue weighted by Gasteiger charge is -2.25. The van der Waals surface area contributed by atoms with Crippen molar-refractivity contribution in [3.63, 3.8) is 0 Å². The fourth-order valence-electron chi connectivity index (χ4n) is 1.63. The number of amides is 1. The molecule has 5 heteroatoms. The third kappa shape index (κ3) is 5.00. The SMILES string of the molecule is CC(C)CN(CCN(C)C)C(=O)c1cc(S)cs1. The summed E-state index contributed by atoms with van der Waals surface area (Å²) in [5.74, 6) is 0.599. The minimum absolute atomic E-state index is 0.121. The molecular weight excluding hydrogens is 264 g/mol. The van der Waals surface area contributed by atoms with Crippen molar-refractivity contribution < 1.29 is 4.79 Å². The highest BCUT2D eigenvalue weighted by Crippen LogP contribution is 2.19. The zero-order chi connectivity index (χ0) is 13.7. The molecule has 3 nitrogen and oxygen atoms in total. The van der Waals surface area contributed by atoms with E-state index in [2.05, 4.69) is 31.4 Å². The highest BCUT2D eigenvalue weighted by molar-refractivity contribution is 7.80. The highest BCUT2D eigenvalue weighted by Gasteiger charge is 2.18. The minimum atomic E-state index is 0.121. The quantitative estimate of drug-likeness (QED) is 0.813. The van der Waals surface area contributed by atoms with Gasteiger partial charge in [0.2, 0.25) is 0 Å². The van der Waals surface area contributed by atoms with Gasteiger partial charge in [-0.1, -0.05) is 13.8 Å². The van der Waals surface area contributed by atoms with Gasteiger partial charge in [-0.3, -0.25) is 4.79 Å². The van der Waals surface area contributed by atoms with Gasteiger partial charge in [-0.25, -0.2) is 0 Å². The molecule has 0 bridgehead atoms. The van der Waals surface area contributed by atoms with E-state index < -0.39 is 0 Å². The number of likely N-dealkylation sites (N-methyl/N-ethyl adjacent to an activating group) is 1. The Balaban J connectivity index is 2.72. The van der Waals surface area contributed by atoms with Gasteiger partial charge in [0, 0.05) is 29.9 Å². The topological polar surface area (TPSA) is 23.6 Å². The van der Waals surface area contributed by atoms with E-state index >= 15 is 0 Å². The molecule has 1 heterocycles. The van der Waals surface area contributed by atoms with Gasteiger partial charge in [-0.2, -0.15) is 0 Å². The van der Waals surface area contributed by atoms with E-state index in [0.29, 0.717) is 5.92 Å². The zero-order valence-electron chi connectivity index (χ0n) is 11.5. The summed E-state index contributed by atoms with van der Waals surface area (Å²) in [5.41, 5.74) is 0. The number of thiophene rings is 1. The molecule has 102 valence electrons. The van der Waals surface area contributed by atoms with Crippen molar-refractivity contribution in [3.8, 4) is 0 Å². The lowest BCUT2D eigenvalue weighted by Crippen LogP contribution is -2.38. The van der Waals surface area contributed by atoms with Gasteiger partial charge >= 0.3 is 0 Å². The second-order valence-electron chi connectivity index (χ2n) is 5.12. The molecule has 0 radical (unpaired) electrons. The van der Waals surface area contributed by atoms with Crippen molar-refractivity contribution >= 4 is 29.9 Å². The van der Waals surface area contributed by atoms with Crippen LogP contribution >= 0.6 is 24.0 Å². The number of carbonyl (C=O) groups excluding carboxylic acids is 1. The van der Waals surface area contributed by atoms with Gasteiger partial charge in [0.1, 0.15) is 0 Å². The number of hydrogen-bond acceptors (Lipinski definition) is 4. The van der Waals surface area contributed by atoms with Crippen LogP contribution in [0.3, 0.4) is 0 Å². The van der Waals surface area contributed by atoms with Crippen molar-refractivity contribution in [2.24, 2.45) is 5.92 Å². The molecule has 1 aromatic rings. The monoisotopic (exact) mass is 286 g/mol. The summed E-state index contributed by atoms with van der Waals surface area (Å²) in [6.07, 6.45) is 0. The zero-order valence-corrected chi connectivity index (χ0v) is 13.2. The first kappa shape index (κ1) is 15.5. The Kier molecular flexibility index (Phi) is 6.18. The van der Waals surface area contributed by atoms with Crippen LogP contribution in [0.2, 0.25) is 0 Å². The predicted molar refractivity (Wildman–Crippen MR) is 80.9 cm³/mol. The third-order valence-electron chi connectivity index (χ3n) is 2.49. The smallest absolute Gasteiger partial charge is 0.264 e. The Bertz CT molecular complexity index is 388. The van der Waals surface area contributed by atoms with E-state index in [1.165, 1.54) is 11.3 Å². The summed E-state index contributed by atoms with van der Waals surface area (Å²) in [6, 6.07) is 1.85. The Morgan fingerprint density at radius 1 is 1.39 bits per heavy atom. The second-order valence-corrected chi connectivity index (χ2v) is 6.55. The molecule has 0 unspecified atom stereocenters. The van der Waals surface area contributed by atoms with Crippen molar-refractivity contribution in [3.05, 3.63) is 16.3 Å². The fourth-order valence-corrected chi connectivity index (χ4v) is 2.75. The van der Waals surface area contributed by atoms with Gasteiger partial charge in [0.25, 0.3) is 5.91 Å². The molecule has 1 rings (SSSR count). The maximum absolute atomic E-state index is 12.4.